The molecule has 0 saturated heterocycles. The van der Waals surface area contributed by atoms with Gasteiger partial charge in [0, 0.05) is 5.54 Å². The van der Waals surface area contributed by atoms with Gasteiger partial charge in [-0.2, -0.15) is 0 Å². The fraction of sp³-hybridized carbons (Fsp3) is 0.917. The fourth-order valence-corrected chi connectivity index (χ4v) is 1.91. The van der Waals surface area contributed by atoms with Crippen molar-refractivity contribution in [1.29, 1.82) is 0 Å². The Morgan fingerprint density at radius 3 is 2.29 bits per heavy atom. The molecule has 0 bridgehead atoms. The van der Waals surface area contributed by atoms with E-state index in [0.29, 0.717) is 0 Å². The molecule has 0 aromatic heterocycles. The van der Waals surface area contributed by atoms with Crippen LogP contribution in [0.3, 0.4) is 0 Å². The Morgan fingerprint density at radius 2 is 1.79 bits per heavy atom. The number of unbranched alkanes of at least 4 members (excludes halogenated alkanes) is 3. The monoisotopic (exact) mass is 199 g/mol. The second-order valence-electron chi connectivity index (χ2n) is 4.38. The molecule has 2 heteroatoms. The van der Waals surface area contributed by atoms with Crippen LogP contribution in [0.15, 0.2) is 0 Å². The Hall–Kier alpha value is -0.530. The van der Waals surface area contributed by atoms with Gasteiger partial charge in [0.25, 0.3) is 0 Å². The van der Waals surface area contributed by atoms with Crippen molar-refractivity contribution >= 4 is 6.41 Å². The van der Waals surface area contributed by atoms with E-state index in [4.69, 9.17) is 0 Å². The molecule has 14 heavy (non-hydrogen) atoms. The maximum atomic E-state index is 10.5. The summed E-state index contributed by atoms with van der Waals surface area (Å²) in [7, 11) is 0. The molecule has 1 atom stereocenters. The van der Waals surface area contributed by atoms with Crippen LogP contribution < -0.4 is 5.32 Å². The third kappa shape index (κ3) is 6.01. The maximum Gasteiger partial charge on any atom is 0.207 e. The molecular weight excluding hydrogens is 174 g/mol. The molecule has 84 valence electrons. The van der Waals surface area contributed by atoms with E-state index in [0.717, 1.165) is 25.7 Å². The molecule has 1 amide bonds. The summed E-state index contributed by atoms with van der Waals surface area (Å²) in [4.78, 5) is 10.5. The predicted octanol–water partition coefficient (Wildman–Crippen LogP) is 3.26. The number of carbonyl (C=O) groups excluding carboxylic acids is 1. The normalized spacial score (nSPS) is 14.8. The third-order valence-electron chi connectivity index (χ3n) is 2.79. The number of hydrogen-bond acceptors (Lipinski definition) is 1. The van der Waals surface area contributed by atoms with Crippen LogP contribution in [-0.4, -0.2) is 11.9 Å². The van der Waals surface area contributed by atoms with E-state index < -0.39 is 0 Å². The second-order valence-corrected chi connectivity index (χ2v) is 4.38. The average molecular weight is 199 g/mol. The van der Waals surface area contributed by atoms with Gasteiger partial charge in [-0.1, -0.05) is 46.0 Å². The molecule has 0 aromatic carbocycles. The maximum absolute atomic E-state index is 10.5. The van der Waals surface area contributed by atoms with E-state index in [1.807, 2.05) is 0 Å². The molecule has 1 N–H and O–H groups in total. The predicted molar refractivity (Wildman–Crippen MR) is 61.3 cm³/mol. The van der Waals surface area contributed by atoms with Gasteiger partial charge in [-0.25, -0.2) is 0 Å². The van der Waals surface area contributed by atoms with E-state index in [1.165, 1.54) is 25.7 Å². The average Bonchev–Trinajstić information content (AvgIpc) is 2.13. The highest BCUT2D eigenvalue weighted by molar-refractivity contribution is 5.47. The standard InChI is InChI=1S/C12H25NO/c1-4-6-7-8-10-12(3,9-5-2)13-11-14/h11H,4-10H2,1-3H3,(H,13,14). The second kappa shape index (κ2) is 7.84. The Balaban J connectivity index is 3.76. The van der Waals surface area contributed by atoms with Crippen LogP contribution in [0.4, 0.5) is 0 Å². The zero-order valence-electron chi connectivity index (χ0n) is 9.94. The smallest absolute Gasteiger partial charge is 0.207 e. The largest absolute Gasteiger partial charge is 0.354 e. The van der Waals surface area contributed by atoms with Crippen molar-refractivity contribution in [2.45, 2.75) is 71.3 Å². The van der Waals surface area contributed by atoms with Gasteiger partial charge in [-0.3, -0.25) is 4.79 Å². The number of carbonyl (C=O) groups is 1. The van der Waals surface area contributed by atoms with Crippen LogP contribution in [0, 0.1) is 0 Å². The van der Waals surface area contributed by atoms with E-state index in [9.17, 15) is 4.79 Å². The molecule has 0 heterocycles. The summed E-state index contributed by atoms with van der Waals surface area (Å²) >= 11 is 0. The van der Waals surface area contributed by atoms with E-state index in [-0.39, 0.29) is 5.54 Å². The highest BCUT2D eigenvalue weighted by Gasteiger charge is 2.20. The minimum absolute atomic E-state index is 0.0320. The van der Waals surface area contributed by atoms with E-state index >= 15 is 0 Å². The van der Waals surface area contributed by atoms with Crippen LogP contribution in [0.2, 0.25) is 0 Å². The number of rotatable bonds is 9. The Kier molecular flexibility index (Phi) is 7.54. The molecule has 2 nitrogen and oxygen atoms in total. The van der Waals surface area contributed by atoms with Gasteiger partial charge in [-0.05, 0) is 19.8 Å². The topological polar surface area (TPSA) is 29.1 Å². The minimum Gasteiger partial charge on any atom is -0.354 e. The highest BCUT2D eigenvalue weighted by Crippen LogP contribution is 2.20. The van der Waals surface area contributed by atoms with Crippen LogP contribution in [0.25, 0.3) is 0 Å². The van der Waals surface area contributed by atoms with Crippen LogP contribution in [-0.2, 0) is 4.79 Å². The van der Waals surface area contributed by atoms with Crippen LogP contribution in [0.5, 0.6) is 0 Å². The van der Waals surface area contributed by atoms with Crippen LogP contribution in [0.1, 0.15) is 65.7 Å². The molecule has 0 aliphatic carbocycles. The molecule has 0 rings (SSSR count). The summed E-state index contributed by atoms with van der Waals surface area (Å²) in [6.45, 7) is 6.53. The van der Waals surface area contributed by atoms with E-state index in [1.54, 1.807) is 0 Å². The molecule has 0 fully saturated rings. The van der Waals surface area contributed by atoms with Gasteiger partial charge >= 0.3 is 0 Å². The molecule has 0 spiro atoms. The zero-order chi connectivity index (χ0) is 10.9. The lowest BCUT2D eigenvalue weighted by Gasteiger charge is -2.28. The Morgan fingerprint density at radius 1 is 1.07 bits per heavy atom. The lowest BCUT2D eigenvalue weighted by atomic mass is 9.90. The molecule has 0 radical (unpaired) electrons. The summed E-state index contributed by atoms with van der Waals surface area (Å²) in [5.74, 6) is 0. The molecular formula is C12H25NO. The molecule has 0 aromatic rings. The van der Waals surface area contributed by atoms with Crippen molar-refractivity contribution in [2.75, 3.05) is 0 Å². The van der Waals surface area contributed by atoms with Crippen molar-refractivity contribution < 1.29 is 4.79 Å². The van der Waals surface area contributed by atoms with Crippen molar-refractivity contribution in [3.63, 3.8) is 0 Å². The summed E-state index contributed by atoms with van der Waals surface area (Å²) in [5.41, 5.74) is 0.0320. The quantitative estimate of drug-likeness (QED) is 0.448. The number of nitrogens with one attached hydrogen (secondary N) is 1. The molecule has 0 aliphatic rings. The summed E-state index contributed by atoms with van der Waals surface area (Å²) < 4.78 is 0. The van der Waals surface area contributed by atoms with E-state index in [2.05, 4.69) is 26.1 Å². The van der Waals surface area contributed by atoms with Gasteiger partial charge in [0.1, 0.15) is 0 Å². The first-order chi connectivity index (χ1) is 6.68. The fourth-order valence-electron chi connectivity index (χ4n) is 1.91. The Bertz CT molecular complexity index is 147. The number of hydrogen-bond donors (Lipinski definition) is 1. The summed E-state index contributed by atoms with van der Waals surface area (Å²) in [6.07, 6.45) is 9.26. The van der Waals surface area contributed by atoms with Gasteiger partial charge in [-0.15, -0.1) is 0 Å². The van der Waals surface area contributed by atoms with Gasteiger partial charge in [0.05, 0.1) is 0 Å². The Labute approximate surface area is 88.5 Å². The first-order valence-electron chi connectivity index (χ1n) is 5.90. The van der Waals surface area contributed by atoms with Gasteiger partial charge in [0.15, 0.2) is 0 Å². The summed E-state index contributed by atoms with van der Waals surface area (Å²) in [5, 5.41) is 2.96. The lowest BCUT2D eigenvalue weighted by molar-refractivity contribution is -0.111. The number of amides is 1. The minimum atomic E-state index is 0.0320. The molecule has 1 unspecified atom stereocenters. The van der Waals surface area contributed by atoms with Crippen LogP contribution >= 0.6 is 0 Å². The first-order valence-corrected chi connectivity index (χ1v) is 5.90. The first kappa shape index (κ1) is 13.5. The van der Waals surface area contributed by atoms with Crippen molar-refractivity contribution in [1.82, 2.24) is 5.32 Å². The third-order valence-corrected chi connectivity index (χ3v) is 2.79. The van der Waals surface area contributed by atoms with Crippen molar-refractivity contribution in [3.05, 3.63) is 0 Å². The lowest BCUT2D eigenvalue weighted by Crippen LogP contribution is -2.41. The molecule has 0 saturated carbocycles. The van der Waals surface area contributed by atoms with Gasteiger partial charge < -0.3 is 5.32 Å². The molecule has 0 aliphatic heterocycles. The highest BCUT2D eigenvalue weighted by atomic mass is 16.1. The van der Waals surface area contributed by atoms with Gasteiger partial charge in [0.2, 0.25) is 6.41 Å². The zero-order valence-corrected chi connectivity index (χ0v) is 9.94. The van der Waals surface area contributed by atoms with Crippen molar-refractivity contribution in [2.24, 2.45) is 0 Å². The van der Waals surface area contributed by atoms with Crippen molar-refractivity contribution in [3.8, 4) is 0 Å². The SMILES string of the molecule is CCCCCCC(C)(CCC)NC=O. The summed E-state index contributed by atoms with van der Waals surface area (Å²) in [6, 6.07) is 0.